The van der Waals surface area contributed by atoms with Crippen molar-refractivity contribution in [2.75, 3.05) is 12.4 Å². The smallest absolute Gasteiger partial charge is 0.152 e. The molecule has 3 nitrogen and oxygen atoms in total. The van der Waals surface area contributed by atoms with E-state index in [-0.39, 0.29) is 5.25 Å². The normalized spacial score (nSPS) is 11.8. The van der Waals surface area contributed by atoms with Crippen molar-refractivity contribution in [2.24, 2.45) is 0 Å². The van der Waals surface area contributed by atoms with E-state index in [9.17, 15) is 8.42 Å². The van der Waals surface area contributed by atoms with Crippen LogP contribution in [-0.4, -0.2) is 26.0 Å². The van der Waals surface area contributed by atoms with Gasteiger partial charge in [-0.25, -0.2) is 8.42 Å². The van der Waals surface area contributed by atoms with Gasteiger partial charge in [0.2, 0.25) is 0 Å². The van der Waals surface area contributed by atoms with Crippen LogP contribution in [0.3, 0.4) is 0 Å². The maximum atomic E-state index is 11.7. The molecule has 0 fully saturated rings. The zero-order valence-electron chi connectivity index (χ0n) is 16.3. The molecule has 0 aliphatic carbocycles. The molecule has 0 aromatic heterocycles. The summed E-state index contributed by atoms with van der Waals surface area (Å²) in [5.74, 6) is 1.33. The minimum atomic E-state index is -2.86. The van der Waals surface area contributed by atoms with Crippen LogP contribution in [0.2, 0.25) is 0 Å². The Hall–Kier alpha value is -1.03. The van der Waals surface area contributed by atoms with Gasteiger partial charge in [0.1, 0.15) is 5.75 Å². The number of hydrogen-bond donors (Lipinski definition) is 0. The Morgan fingerprint density at radius 1 is 0.960 bits per heavy atom. The van der Waals surface area contributed by atoms with E-state index in [0.717, 1.165) is 50.9 Å². The van der Waals surface area contributed by atoms with Gasteiger partial charge < -0.3 is 4.74 Å². The summed E-state index contributed by atoms with van der Waals surface area (Å²) in [6, 6.07) is 8.44. The van der Waals surface area contributed by atoms with Crippen molar-refractivity contribution in [3.05, 3.63) is 29.8 Å². The molecule has 0 heterocycles. The molecule has 0 N–H and O–H groups in total. The molecule has 1 rings (SSSR count). The Kier molecular flexibility index (Phi) is 10.9. The molecule has 0 saturated heterocycles. The number of aryl methyl sites for hydroxylation is 1. The fraction of sp³-hybridized carbons (Fsp3) is 0.714. The van der Waals surface area contributed by atoms with Crippen LogP contribution in [0.15, 0.2) is 24.3 Å². The lowest BCUT2D eigenvalue weighted by molar-refractivity contribution is 0.309. The standard InChI is InChI=1S/C21H36O3S/c1-4-5-16-24-21-15-12-14-20(18-21)13-10-8-6-7-9-11-17-25(22,23)19(2)3/h12,14-15,18-19H,4-11,13,16-17H2,1-3H3. The zero-order chi connectivity index (χ0) is 18.5. The fourth-order valence-electron chi connectivity index (χ4n) is 2.70. The van der Waals surface area contributed by atoms with Crippen LogP contribution in [-0.2, 0) is 16.3 Å². The molecule has 1 aromatic carbocycles. The first-order valence-corrected chi connectivity index (χ1v) is 11.6. The summed E-state index contributed by atoms with van der Waals surface area (Å²) in [5.41, 5.74) is 1.34. The third kappa shape index (κ3) is 9.88. The quantitative estimate of drug-likeness (QED) is 0.403. The highest BCUT2D eigenvalue weighted by Gasteiger charge is 2.14. The lowest BCUT2D eigenvalue weighted by Crippen LogP contribution is -2.17. The van der Waals surface area contributed by atoms with Crippen LogP contribution in [0.4, 0.5) is 0 Å². The Morgan fingerprint density at radius 2 is 1.64 bits per heavy atom. The number of sulfone groups is 1. The van der Waals surface area contributed by atoms with Crippen LogP contribution in [0.5, 0.6) is 5.75 Å². The van der Waals surface area contributed by atoms with E-state index in [4.69, 9.17) is 4.74 Å². The Bertz CT molecular complexity index is 564. The molecule has 0 bridgehead atoms. The molecule has 144 valence electrons. The molecular weight excluding hydrogens is 332 g/mol. The van der Waals surface area contributed by atoms with Crippen molar-refractivity contribution >= 4 is 9.84 Å². The first-order valence-electron chi connectivity index (χ1n) is 9.89. The molecule has 0 aliphatic rings. The summed E-state index contributed by atoms with van der Waals surface area (Å²) in [7, 11) is -2.86. The molecular formula is C21H36O3S. The molecule has 25 heavy (non-hydrogen) atoms. The first kappa shape index (κ1) is 22.0. The minimum Gasteiger partial charge on any atom is -0.494 e. The van der Waals surface area contributed by atoms with Gasteiger partial charge in [0.15, 0.2) is 9.84 Å². The van der Waals surface area contributed by atoms with E-state index in [1.165, 1.54) is 24.8 Å². The fourth-order valence-corrected chi connectivity index (χ4v) is 3.78. The lowest BCUT2D eigenvalue weighted by Gasteiger charge is -2.08. The second-order valence-corrected chi connectivity index (χ2v) is 9.81. The van der Waals surface area contributed by atoms with E-state index < -0.39 is 9.84 Å². The number of benzene rings is 1. The van der Waals surface area contributed by atoms with Gasteiger partial charge in [-0.1, -0.05) is 51.2 Å². The summed E-state index contributed by atoms with van der Waals surface area (Å²) >= 11 is 0. The van der Waals surface area contributed by atoms with Crippen LogP contribution >= 0.6 is 0 Å². The molecule has 0 radical (unpaired) electrons. The Morgan fingerprint density at radius 3 is 2.32 bits per heavy atom. The van der Waals surface area contributed by atoms with Crippen molar-refractivity contribution in [1.82, 2.24) is 0 Å². The van der Waals surface area contributed by atoms with E-state index in [1.807, 2.05) is 6.07 Å². The van der Waals surface area contributed by atoms with E-state index in [1.54, 1.807) is 13.8 Å². The maximum Gasteiger partial charge on any atom is 0.152 e. The average molecular weight is 369 g/mol. The zero-order valence-corrected chi connectivity index (χ0v) is 17.1. The number of rotatable bonds is 14. The van der Waals surface area contributed by atoms with Gasteiger partial charge in [-0.3, -0.25) is 0 Å². The summed E-state index contributed by atoms with van der Waals surface area (Å²) in [6.45, 7) is 6.49. The summed E-state index contributed by atoms with van der Waals surface area (Å²) in [5, 5.41) is -0.241. The molecule has 0 atom stereocenters. The predicted octanol–water partition coefficient (Wildman–Crippen LogP) is 5.57. The van der Waals surface area contributed by atoms with Gasteiger partial charge in [0, 0.05) is 0 Å². The largest absolute Gasteiger partial charge is 0.494 e. The highest BCUT2D eigenvalue weighted by molar-refractivity contribution is 7.91. The molecule has 0 aliphatic heterocycles. The monoisotopic (exact) mass is 368 g/mol. The molecule has 1 aromatic rings. The van der Waals surface area contributed by atoms with Crippen molar-refractivity contribution in [2.45, 2.75) is 83.8 Å². The summed E-state index contributed by atoms with van der Waals surface area (Å²) in [6.07, 6.45) is 9.88. The van der Waals surface area contributed by atoms with Gasteiger partial charge in [0.05, 0.1) is 17.6 Å². The highest BCUT2D eigenvalue weighted by atomic mass is 32.2. The van der Waals surface area contributed by atoms with E-state index in [2.05, 4.69) is 25.1 Å². The van der Waals surface area contributed by atoms with Gasteiger partial charge in [0.25, 0.3) is 0 Å². The predicted molar refractivity (Wildman–Crippen MR) is 107 cm³/mol. The molecule has 0 amide bonds. The van der Waals surface area contributed by atoms with Gasteiger partial charge in [-0.05, 0) is 57.2 Å². The lowest BCUT2D eigenvalue weighted by atomic mass is 10.0. The topological polar surface area (TPSA) is 43.4 Å². The van der Waals surface area contributed by atoms with E-state index in [0.29, 0.717) is 5.75 Å². The average Bonchev–Trinajstić information content (AvgIpc) is 2.57. The molecule has 0 spiro atoms. The Balaban J connectivity index is 2.11. The number of hydrogen-bond acceptors (Lipinski definition) is 3. The number of unbranched alkanes of at least 4 members (excludes halogenated alkanes) is 6. The van der Waals surface area contributed by atoms with Crippen LogP contribution in [0.25, 0.3) is 0 Å². The van der Waals surface area contributed by atoms with Crippen LogP contribution < -0.4 is 4.74 Å². The van der Waals surface area contributed by atoms with E-state index >= 15 is 0 Å². The minimum absolute atomic E-state index is 0.241. The third-order valence-electron chi connectivity index (χ3n) is 4.53. The number of ether oxygens (including phenoxy) is 1. The van der Waals surface area contributed by atoms with Crippen molar-refractivity contribution in [1.29, 1.82) is 0 Å². The van der Waals surface area contributed by atoms with Gasteiger partial charge in [-0.2, -0.15) is 0 Å². The molecule has 0 saturated carbocycles. The van der Waals surface area contributed by atoms with Crippen molar-refractivity contribution in [3.63, 3.8) is 0 Å². The SMILES string of the molecule is CCCCOc1cccc(CCCCCCCCS(=O)(=O)C(C)C)c1. The highest BCUT2D eigenvalue weighted by Crippen LogP contribution is 2.17. The first-order chi connectivity index (χ1) is 12.0. The molecule has 4 heteroatoms. The van der Waals surface area contributed by atoms with Crippen molar-refractivity contribution < 1.29 is 13.2 Å². The van der Waals surface area contributed by atoms with Crippen LogP contribution in [0, 0.1) is 0 Å². The summed E-state index contributed by atoms with van der Waals surface area (Å²) in [4.78, 5) is 0. The summed E-state index contributed by atoms with van der Waals surface area (Å²) < 4.78 is 29.2. The third-order valence-corrected chi connectivity index (χ3v) is 6.82. The van der Waals surface area contributed by atoms with Crippen LogP contribution in [0.1, 0.15) is 77.7 Å². The second-order valence-electron chi connectivity index (χ2n) is 7.14. The molecule has 0 unspecified atom stereocenters. The van der Waals surface area contributed by atoms with Gasteiger partial charge in [-0.15, -0.1) is 0 Å². The Labute approximate surface area is 155 Å². The van der Waals surface area contributed by atoms with Gasteiger partial charge >= 0.3 is 0 Å². The van der Waals surface area contributed by atoms with Crippen molar-refractivity contribution in [3.8, 4) is 5.75 Å². The maximum absolute atomic E-state index is 11.7. The second kappa shape index (κ2) is 12.3.